The highest BCUT2D eigenvalue weighted by Crippen LogP contribution is 2.37. The lowest BCUT2D eigenvalue weighted by Crippen LogP contribution is -2.15. The van der Waals surface area contributed by atoms with Gasteiger partial charge in [0, 0.05) is 11.1 Å². The zero-order valence-corrected chi connectivity index (χ0v) is 18.9. The quantitative estimate of drug-likeness (QED) is 0.285. The Morgan fingerprint density at radius 1 is 0.865 bits per heavy atom. The molecule has 0 saturated carbocycles. The number of ketones is 1. The fourth-order valence-corrected chi connectivity index (χ4v) is 3.96. The Hall–Kier alpha value is -4.08. The minimum Gasteiger partial charge on any atom is -0.489 e. The van der Waals surface area contributed by atoms with Crippen molar-refractivity contribution in [2.45, 2.75) is 31.8 Å². The van der Waals surface area contributed by atoms with Gasteiger partial charge in [-0.1, -0.05) is 12.1 Å². The number of aromatic carboxylic acids is 1. The van der Waals surface area contributed by atoms with E-state index in [-0.39, 0.29) is 35.8 Å². The van der Waals surface area contributed by atoms with Crippen LogP contribution < -0.4 is 4.74 Å². The van der Waals surface area contributed by atoms with E-state index < -0.39 is 35.2 Å². The average Bonchev–Trinajstić information content (AvgIpc) is 2.83. The van der Waals surface area contributed by atoms with Crippen molar-refractivity contribution in [2.75, 3.05) is 0 Å². The minimum absolute atomic E-state index is 0.0437. The first-order chi connectivity index (χ1) is 17.3. The molecule has 3 aromatic carbocycles. The van der Waals surface area contributed by atoms with Crippen molar-refractivity contribution in [3.8, 4) is 5.75 Å². The Bertz CT molecular complexity index is 1350. The fourth-order valence-electron chi connectivity index (χ4n) is 3.96. The number of ether oxygens (including phenoxy) is 1. The van der Waals surface area contributed by atoms with Crippen LogP contribution in [0, 0.1) is 0 Å². The molecule has 0 amide bonds. The van der Waals surface area contributed by atoms with E-state index in [1.54, 1.807) is 18.2 Å². The van der Waals surface area contributed by atoms with E-state index >= 15 is 0 Å². The van der Waals surface area contributed by atoms with Crippen LogP contribution in [-0.2, 0) is 25.4 Å². The number of carboxylic acids is 1. The molecule has 10 heteroatoms. The lowest BCUT2D eigenvalue weighted by atomic mass is 9.85. The van der Waals surface area contributed by atoms with Gasteiger partial charge in [-0.2, -0.15) is 26.3 Å². The number of halogens is 6. The third-order valence-electron chi connectivity index (χ3n) is 5.83. The number of benzene rings is 3. The van der Waals surface area contributed by atoms with Crippen molar-refractivity contribution in [1.82, 2.24) is 0 Å². The zero-order chi connectivity index (χ0) is 27.0. The number of Topliss-reactive ketones (excluding diaryl/α,β-unsaturated/α-hetero) is 1. The van der Waals surface area contributed by atoms with Crippen LogP contribution in [0.3, 0.4) is 0 Å². The monoisotopic (exact) mass is 520 g/mol. The van der Waals surface area contributed by atoms with E-state index in [1.807, 2.05) is 0 Å². The maximum atomic E-state index is 13.2. The van der Waals surface area contributed by atoms with E-state index in [4.69, 9.17) is 9.84 Å². The molecule has 0 saturated heterocycles. The molecule has 1 aliphatic rings. The van der Waals surface area contributed by atoms with Gasteiger partial charge in [0.1, 0.15) is 12.4 Å². The third-order valence-corrected chi connectivity index (χ3v) is 5.83. The molecule has 4 rings (SSSR count). The maximum Gasteiger partial charge on any atom is 0.416 e. The number of carbonyl (C=O) groups excluding carboxylic acids is 1. The second kappa shape index (κ2) is 9.76. The number of alkyl halides is 6. The van der Waals surface area contributed by atoms with Crippen molar-refractivity contribution in [1.29, 1.82) is 0 Å². The number of aryl methyl sites for hydroxylation is 1. The van der Waals surface area contributed by atoms with Gasteiger partial charge in [0.15, 0.2) is 5.78 Å². The summed E-state index contributed by atoms with van der Waals surface area (Å²) >= 11 is 0. The SMILES string of the molecule is O=C(O)c1ccc(COc2ccc3c(c2)CCC(=Cc2cc(C(F)(F)F)cc(C(F)(F)F)c2)C3=O)cc1. The summed E-state index contributed by atoms with van der Waals surface area (Å²) in [6.45, 7) is 0.148. The lowest BCUT2D eigenvalue weighted by molar-refractivity contribution is -0.143. The topological polar surface area (TPSA) is 63.6 Å². The molecule has 3 aromatic rings. The molecule has 0 aliphatic heterocycles. The van der Waals surface area contributed by atoms with Gasteiger partial charge in [-0.25, -0.2) is 4.79 Å². The fraction of sp³-hybridized carbons (Fsp3) is 0.185. The van der Waals surface area contributed by atoms with E-state index in [2.05, 4.69) is 0 Å². The minimum atomic E-state index is -4.98. The first-order valence-corrected chi connectivity index (χ1v) is 10.9. The van der Waals surface area contributed by atoms with Gasteiger partial charge in [-0.3, -0.25) is 4.79 Å². The number of allylic oxidation sites excluding steroid dienone is 1. The molecule has 192 valence electrons. The summed E-state index contributed by atoms with van der Waals surface area (Å²) in [6, 6.07) is 12.0. The van der Waals surface area contributed by atoms with Crippen LogP contribution >= 0.6 is 0 Å². The Labute approximate surface area is 206 Å². The van der Waals surface area contributed by atoms with E-state index in [1.165, 1.54) is 24.3 Å². The summed E-state index contributed by atoms with van der Waals surface area (Å²) in [5, 5.41) is 8.95. The molecule has 0 fully saturated rings. The molecule has 1 aliphatic carbocycles. The Morgan fingerprint density at radius 3 is 2.05 bits per heavy atom. The van der Waals surface area contributed by atoms with Crippen molar-refractivity contribution in [3.63, 3.8) is 0 Å². The molecule has 4 nitrogen and oxygen atoms in total. The first kappa shape index (κ1) is 26.0. The van der Waals surface area contributed by atoms with Gasteiger partial charge in [-0.05, 0) is 84.1 Å². The zero-order valence-electron chi connectivity index (χ0n) is 18.9. The predicted molar refractivity (Wildman–Crippen MR) is 121 cm³/mol. The molecule has 37 heavy (non-hydrogen) atoms. The molecular weight excluding hydrogens is 502 g/mol. The molecule has 0 atom stereocenters. The largest absolute Gasteiger partial charge is 0.489 e. The first-order valence-electron chi connectivity index (χ1n) is 10.9. The highest BCUT2D eigenvalue weighted by Gasteiger charge is 2.37. The summed E-state index contributed by atoms with van der Waals surface area (Å²) in [5.41, 5.74) is -1.35. The summed E-state index contributed by atoms with van der Waals surface area (Å²) in [7, 11) is 0. The predicted octanol–water partition coefficient (Wildman–Crippen LogP) is 7.21. The number of carbonyl (C=O) groups is 2. The van der Waals surface area contributed by atoms with Crippen molar-refractivity contribution >= 4 is 17.8 Å². The molecule has 0 bridgehead atoms. The maximum absolute atomic E-state index is 13.2. The standard InChI is InChI=1S/C27H18F6O4/c28-26(29,30)20-10-16(11-21(13-20)27(31,32)33)9-19-6-5-18-12-22(7-8-23(18)24(19)34)37-14-15-1-3-17(4-2-15)25(35)36/h1-4,7-13H,5-6,14H2,(H,35,36). The molecule has 1 N–H and O–H groups in total. The average molecular weight is 520 g/mol. The number of fused-ring (bicyclic) bond motifs is 1. The van der Waals surface area contributed by atoms with Gasteiger partial charge in [0.2, 0.25) is 0 Å². The van der Waals surface area contributed by atoms with Crippen LogP contribution in [0.5, 0.6) is 5.75 Å². The van der Waals surface area contributed by atoms with Crippen LogP contribution in [0.25, 0.3) is 6.08 Å². The summed E-state index contributed by atoms with van der Waals surface area (Å²) in [5.74, 6) is -1.08. The van der Waals surface area contributed by atoms with Crippen LogP contribution in [0.4, 0.5) is 26.3 Å². The molecule has 0 heterocycles. The summed E-state index contributed by atoms with van der Waals surface area (Å²) in [6.07, 6.45) is -8.42. The molecule has 0 unspecified atom stereocenters. The Kier molecular flexibility index (Phi) is 6.86. The van der Waals surface area contributed by atoms with Gasteiger partial charge in [0.05, 0.1) is 16.7 Å². The summed E-state index contributed by atoms with van der Waals surface area (Å²) < 4.78 is 84.7. The van der Waals surface area contributed by atoms with Crippen LogP contribution in [0.1, 0.15) is 55.0 Å². The molecular formula is C27H18F6O4. The van der Waals surface area contributed by atoms with Gasteiger partial charge >= 0.3 is 18.3 Å². The Morgan fingerprint density at radius 2 is 1.49 bits per heavy atom. The van der Waals surface area contributed by atoms with E-state index in [0.717, 1.165) is 11.6 Å². The number of carboxylic acid groups (broad SMARTS) is 1. The molecule has 0 spiro atoms. The smallest absolute Gasteiger partial charge is 0.416 e. The molecule has 0 radical (unpaired) electrons. The highest BCUT2D eigenvalue weighted by atomic mass is 19.4. The second-order valence-electron chi connectivity index (χ2n) is 8.45. The summed E-state index contributed by atoms with van der Waals surface area (Å²) in [4.78, 5) is 23.9. The third kappa shape index (κ3) is 6.02. The van der Waals surface area contributed by atoms with E-state index in [0.29, 0.717) is 35.4 Å². The number of hydrogen-bond acceptors (Lipinski definition) is 3. The van der Waals surface area contributed by atoms with Crippen LogP contribution in [-0.4, -0.2) is 16.9 Å². The number of rotatable bonds is 5. The van der Waals surface area contributed by atoms with Gasteiger partial charge in [-0.15, -0.1) is 0 Å². The second-order valence-corrected chi connectivity index (χ2v) is 8.45. The van der Waals surface area contributed by atoms with E-state index in [9.17, 15) is 35.9 Å². The molecule has 0 aromatic heterocycles. The van der Waals surface area contributed by atoms with Crippen LogP contribution in [0.15, 0.2) is 66.2 Å². The Balaban J connectivity index is 1.54. The highest BCUT2D eigenvalue weighted by molar-refractivity contribution is 6.13. The van der Waals surface area contributed by atoms with Crippen molar-refractivity contribution < 1.29 is 45.8 Å². The normalized spacial score (nSPS) is 15.0. The lowest BCUT2D eigenvalue weighted by Gasteiger charge is -2.19. The van der Waals surface area contributed by atoms with Crippen LogP contribution in [0.2, 0.25) is 0 Å². The van der Waals surface area contributed by atoms with Gasteiger partial charge < -0.3 is 9.84 Å². The van der Waals surface area contributed by atoms with Gasteiger partial charge in [0.25, 0.3) is 0 Å². The number of hydrogen-bond donors (Lipinski definition) is 1. The van der Waals surface area contributed by atoms with Crippen molar-refractivity contribution in [3.05, 3.63) is 105 Å². The van der Waals surface area contributed by atoms with Crippen molar-refractivity contribution in [2.24, 2.45) is 0 Å².